The van der Waals surface area contributed by atoms with Crippen LogP contribution in [-0.2, 0) is 25.8 Å². The van der Waals surface area contributed by atoms with Crippen molar-refractivity contribution >= 4 is 21.7 Å². The van der Waals surface area contributed by atoms with Gasteiger partial charge in [0.15, 0.2) is 9.84 Å². The van der Waals surface area contributed by atoms with Crippen molar-refractivity contribution in [2.45, 2.75) is 17.4 Å². The number of sulfone groups is 1. The van der Waals surface area contributed by atoms with Crippen molar-refractivity contribution in [1.82, 2.24) is 15.1 Å². The predicted molar refractivity (Wildman–Crippen MR) is 88.2 cm³/mol. The van der Waals surface area contributed by atoms with Gasteiger partial charge in [-0.25, -0.2) is 8.42 Å². The first-order valence-corrected chi connectivity index (χ1v) is 9.82. The van der Waals surface area contributed by atoms with Gasteiger partial charge in [-0.2, -0.15) is 0 Å². The molecule has 0 aromatic heterocycles. The van der Waals surface area contributed by atoms with Crippen LogP contribution in [0.25, 0.3) is 0 Å². The number of fused-ring (bicyclic) bond motifs is 1. The Balaban J connectivity index is 1.64. The fourth-order valence-electron chi connectivity index (χ4n) is 3.14. The van der Waals surface area contributed by atoms with E-state index in [2.05, 4.69) is 10.2 Å². The van der Waals surface area contributed by atoms with Gasteiger partial charge in [0.1, 0.15) is 6.04 Å². The number of hydrogen-bond donors (Lipinski definition) is 1. The van der Waals surface area contributed by atoms with Crippen LogP contribution in [0.15, 0.2) is 29.2 Å². The number of rotatable bonds is 3. The van der Waals surface area contributed by atoms with E-state index in [0.717, 1.165) is 18.4 Å². The summed E-state index contributed by atoms with van der Waals surface area (Å²) < 4.78 is 22.9. The smallest absolute Gasteiger partial charge is 0.239 e. The standard InChI is InChI=1S/C16H21N3O4S/c1-24(22,23)13-4-2-12(3-5-13)10-15(20)19-9-8-18-7-6-17-16(21)14(18)11-19/h2-5,14H,6-11H2,1H3,(H,17,21)/t14-/m1/s1. The van der Waals surface area contributed by atoms with E-state index in [-0.39, 0.29) is 29.2 Å². The Morgan fingerprint density at radius 1 is 1.21 bits per heavy atom. The lowest BCUT2D eigenvalue weighted by Gasteiger charge is -2.43. The molecule has 24 heavy (non-hydrogen) atoms. The van der Waals surface area contributed by atoms with Gasteiger partial charge in [-0.3, -0.25) is 14.5 Å². The van der Waals surface area contributed by atoms with Gasteiger partial charge in [0.2, 0.25) is 11.8 Å². The highest BCUT2D eigenvalue weighted by atomic mass is 32.2. The SMILES string of the molecule is CS(=O)(=O)c1ccc(CC(=O)N2CCN3CCNC(=O)[C@H]3C2)cc1. The van der Waals surface area contributed by atoms with E-state index in [0.29, 0.717) is 26.2 Å². The second-order valence-corrected chi connectivity index (χ2v) is 8.29. The van der Waals surface area contributed by atoms with Gasteiger partial charge in [0.25, 0.3) is 0 Å². The molecule has 2 amide bonds. The Morgan fingerprint density at radius 3 is 2.58 bits per heavy atom. The topological polar surface area (TPSA) is 86.8 Å². The lowest BCUT2D eigenvalue weighted by Crippen LogP contribution is -2.64. The molecule has 0 unspecified atom stereocenters. The Labute approximate surface area is 141 Å². The summed E-state index contributed by atoms with van der Waals surface area (Å²) in [5.74, 6) is -0.0589. The van der Waals surface area contributed by atoms with E-state index in [9.17, 15) is 18.0 Å². The molecule has 8 heteroatoms. The van der Waals surface area contributed by atoms with Gasteiger partial charge >= 0.3 is 0 Å². The number of nitrogens with zero attached hydrogens (tertiary/aromatic N) is 2. The number of hydrogen-bond acceptors (Lipinski definition) is 5. The summed E-state index contributed by atoms with van der Waals surface area (Å²) in [6.07, 6.45) is 1.36. The first kappa shape index (κ1) is 16.9. The Morgan fingerprint density at radius 2 is 1.92 bits per heavy atom. The van der Waals surface area contributed by atoms with Gasteiger partial charge in [-0.15, -0.1) is 0 Å². The zero-order valence-electron chi connectivity index (χ0n) is 13.6. The molecule has 3 rings (SSSR count). The van der Waals surface area contributed by atoms with Crippen molar-refractivity contribution in [3.05, 3.63) is 29.8 Å². The van der Waals surface area contributed by atoms with Crippen LogP contribution in [0.4, 0.5) is 0 Å². The molecular weight excluding hydrogens is 330 g/mol. The van der Waals surface area contributed by atoms with Crippen LogP contribution < -0.4 is 5.32 Å². The van der Waals surface area contributed by atoms with Crippen LogP contribution in [0, 0.1) is 0 Å². The molecule has 1 aromatic carbocycles. The molecule has 2 fully saturated rings. The molecule has 2 heterocycles. The minimum Gasteiger partial charge on any atom is -0.353 e. The van der Waals surface area contributed by atoms with Crippen molar-refractivity contribution in [1.29, 1.82) is 0 Å². The summed E-state index contributed by atoms with van der Waals surface area (Å²) in [5, 5.41) is 2.84. The maximum absolute atomic E-state index is 12.5. The summed E-state index contributed by atoms with van der Waals surface area (Å²) in [5.41, 5.74) is 0.767. The maximum atomic E-state index is 12.5. The number of piperazine rings is 2. The number of carbonyl (C=O) groups is 2. The summed E-state index contributed by atoms with van der Waals surface area (Å²) >= 11 is 0. The average molecular weight is 351 g/mol. The first-order chi connectivity index (χ1) is 11.3. The summed E-state index contributed by atoms with van der Waals surface area (Å²) in [7, 11) is -3.23. The van der Waals surface area contributed by atoms with E-state index < -0.39 is 9.84 Å². The van der Waals surface area contributed by atoms with Crippen molar-refractivity contribution in [3.63, 3.8) is 0 Å². The second-order valence-electron chi connectivity index (χ2n) is 6.28. The third-order valence-electron chi connectivity index (χ3n) is 4.55. The predicted octanol–water partition coefficient (Wildman–Crippen LogP) is -0.725. The minimum atomic E-state index is -3.23. The fourth-order valence-corrected chi connectivity index (χ4v) is 3.78. The Kier molecular flexibility index (Phi) is 4.60. The number of amides is 2. The zero-order chi connectivity index (χ0) is 17.3. The quantitative estimate of drug-likeness (QED) is 0.776. The van der Waals surface area contributed by atoms with Crippen molar-refractivity contribution in [3.8, 4) is 0 Å². The molecule has 1 N–H and O–H groups in total. The fraction of sp³-hybridized carbons (Fsp3) is 0.500. The summed E-state index contributed by atoms with van der Waals surface area (Å²) in [6.45, 7) is 3.22. The van der Waals surface area contributed by atoms with Crippen LogP contribution >= 0.6 is 0 Å². The monoisotopic (exact) mass is 351 g/mol. The van der Waals surface area contributed by atoms with Crippen LogP contribution in [-0.4, -0.2) is 75.1 Å². The van der Waals surface area contributed by atoms with E-state index in [4.69, 9.17) is 0 Å². The lowest BCUT2D eigenvalue weighted by atomic mass is 10.1. The van der Waals surface area contributed by atoms with Gasteiger partial charge in [0.05, 0.1) is 11.3 Å². The third kappa shape index (κ3) is 3.59. The molecule has 1 aromatic rings. The van der Waals surface area contributed by atoms with E-state index >= 15 is 0 Å². The highest BCUT2D eigenvalue weighted by Crippen LogP contribution is 2.15. The molecule has 130 valence electrons. The molecule has 0 bridgehead atoms. The van der Waals surface area contributed by atoms with Crippen LogP contribution in [0.1, 0.15) is 5.56 Å². The molecule has 0 saturated carbocycles. The molecule has 1 atom stereocenters. The molecule has 2 aliphatic rings. The van der Waals surface area contributed by atoms with Crippen molar-refractivity contribution in [2.75, 3.05) is 39.0 Å². The zero-order valence-corrected chi connectivity index (χ0v) is 14.4. The lowest BCUT2D eigenvalue weighted by molar-refractivity contribution is -0.139. The molecule has 0 spiro atoms. The maximum Gasteiger partial charge on any atom is 0.239 e. The van der Waals surface area contributed by atoms with Crippen molar-refractivity contribution in [2.24, 2.45) is 0 Å². The first-order valence-electron chi connectivity index (χ1n) is 7.93. The van der Waals surface area contributed by atoms with Gasteiger partial charge in [-0.05, 0) is 17.7 Å². The molecule has 0 radical (unpaired) electrons. The van der Waals surface area contributed by atoms with Gasteiger partial charge in [-0.1, -0.05) is 12.1 Å². The van der Waals surface area contributed by atoms with Gasteiger partial charge < -0.3 is 10.2 Å². The number of nitrogens with one attached hydrogen (secondary N) is 1. The minimum absolute atomic E-state index is 0.0174. The number of carbonyl (C=O) groups excluding carboxylic acids is 2. The summed E-state index contributed by atoms with van der Waals surface area (Å²) in [6, 6.07) is 6.11. The van der Waals surface area contributed by atoms with Gasteiger partial charge in [0, 0.05) is 39.0 Å². The molecule has 2 saturated heterocycles. The Hall–Kier alpha value is -1.93. The number of benzene rings is 1. The highest BCUT2D eigenvalue weighted by Gasteiger charge is 2.36. The third-order valence-corrected chi connectivity index (χ3v) is 5.68. The normalized spacial score (nSPS) is 22.0. The largest absolute Gasteiger partial charge is 0.353 e. The van der Waals surface area contributed by atoms with E-state index in [1.807, 2.05) is 0 Å². The molecular formula is C16H21N3O4S. The Bertz CT molecular complexity index is 745. The summed E-state index contributed by atoms with van der Waals surface area (Å²) in [4.78, 5) is 28.5. The van der Waals surface area contributed by atoms with Crippen molar-refractivity contribution < 1.29 is 18.0 Å². The van der Waals surface area contributed by atoms with E-state index in [1.54, 1.807) is 17.0 Å². The molecule has 2 aliphatic heterocycles. The molecule has 7 nitrogen and oxygen atoms in total. The van der Waals surface area contributed by atoms with Crippen LogP contribution in [0.3, 0.4) is 0 Å². The van der Waals surface area contributed by atoms with Crippen LogP contribution in [0.5, 0.6) is 0 Å². The second kappa shape index (κ2) is 6.52. The molecule has 0 aliphatic carbocycles. The van der Waals surface area contributed by atoms with Crippen LogP contribution in [0.2, 0.25) is 0 Å². The average Bonchev–Trinajstić information content (AvgIpc) is 2.54. The highest BCUT2D eigenvalue weighted by molar-refractivity contribution is 7.90. The van der Waals surface area contributed by atoms with E-state index in [1.165, 1.54) is 12.1 Å².